The van der Waals surface area contributed by atoms with E-state index >= 15 is 0 Å². The number of carboxylic acid groups (broad SMARTS) is 1. The van der Waals surface area contributed by atoms with Crippen molar-refractivity contribution in [1.82, 2.24) is 9.78 Å². The smallest absolute Gasteiger partial charge is 0.354 e. The molecule has 0 unspecified atom stereocenters. The lowest BCUT2D eigenvalue weighted by atomic mass is 10.2. The molecule has 19 heavy (non-hydrogen) atoms. The highest BCUT2D eigenvalue weighted by molar-refractivity contribution is 6.31. The molecule has 0 radical (unpaired) electrons. The molecule has 0 aliphatic carbocycles. The maximum Gasteiger partial charge on any atom is 0.354 e. The third-order valence-corrected chi connectivity index (χ3v) is 2.89. The van der Waals surface area contributed by atoms with Gasteiger partial charge in [0, 0.05) is 12.3 Å². The fraction of sp³-hybridized carbons (Fsp3) is 0.0909. The van der Waals surface area contributed by atoms with Crippen molar-refractivity contribution < 1.29 is 14.8 Å². The third kappa shape index (κ3) is 2.55. The number of hydrogen-bond acceptors (Lipinski definition) is 4. The molecule has 0 atom stereocenters. The van der Waals surface area contributed by atoms with E-state index in [1.54, 1.807) is 0 Å². The molecule has 1 aromatic heterocycles. The summed E-state index contributed by atoms with van der Waals surface area (Å²) in [5, 5.41) is 23.9. The maximum atomic E-state index is 10.9. The molecule has 0 amide bonds. The number of halogens is 1. The lowest BCUT2D eigenvalue weighted by molar-refractivity contribution is -0.385. The normalized spacial score (nSPS) is 10.4. The molecule has 0 aliphatic heterocycles. The van der Waals surface area contributed by atoms with Crippen LogP contribution in [0.5, 0.6) is 0 Å². The van der Waals surface area contributed by atoms with Gasteiger partial charge in [0.1, 0.15) is 5.69 Å². The van der Waals surface area contributed by atoms with Crippen LogP contribution in [-0.4, -0.2) is 25.8 Å². The summed E-state index contributed by atoms with van der Waals surface area (Å²) < 4.78 is 1.15. The number of benzene rings is 1. The molecule has 2 aromatic rings. The quantitative estimate of drug-likeness (QED) is 0.684. The van der Waals surface area contributed by atoms with Crippen LogP contribution in [0.2, 0.25) is 5.02 Å². The molecule has 0 aliphatic rings. The number of aromatic carboxylic acids is 1. The number of aromatic nitrogens is 2. The summed E-state index contributed by atoms with van der Waals surface area (Å²) in [6.45, 7) is -0.0787. The van der Waals surface area contributed by atoms with E-state index < -0.39 is 10.9 Å². The second kappa shape index (κ2) is 5.07. The summed E-state index contributed by atoms with van der Waals surface area (Å²) in [4.78, 5) is 21.3. The highest BCUT2D eigenvalue weighted by atomic mass is 35.5. The number of rotatable bonds is 4. The first-order chi connectivity index (χ1) is 9.00. The predicted molar refractivity (Wildman–Crippen MR) is 66.4 cm³/mol. The number of carboxylic acids is 1. The number of carbonyl (C=O) groups is 1. The zero-order valence-corrected chi connectivity index (χ0v) is 10.2. The van der Waals surface area contributed by atoms with Crippen LogP contribution in [0.4, 0.5) is 5.69 Å². The summed E-state index contributed by atoms with van der Waals surface area (Å²) >= 11 is 5.93. The molecule has 1 aromatic carbocycles. The first-order valence-corrected chi connectivity index (χ1v) is 5.55. The molecule has 0 fully saturated rings. The van der Waals surface area contributed by atoms with Gasteiger partial charge in [0.2, 0.25) is 0 Å². The minimum Gasteiger partial charge on any atom is -0.477 e. The van der Waals surface area contributed by atoms with Crippen LogP contribution in [-0.2, 0) is 6.54 Å². The van der Waals surface area contributed by atoms with Crippen molar-refractivity contribution in [2.75, 3.05) is 0 Å². The Labute approximate surface area is 112 Å². The van der Waals surface area contributed by atoms with Gasteiger partial charge < -0.3 is 5.11 Å². The standard InChI is InChI=1S/C11H8ClN3O4/c12-8-2-1-3-9(15(18)19)7(8)6-14-10(11(16)17)4-5-13-14/h1-5H,6H2,(H,16,17). The van der Waals surface area contributed by atoms with Crippen LogP contribution < -0.4 is 0 Å². The Morgan fingerprint density at radius 2 is 2.21 bits per heavy atom. The maximum absolute atomic E-state index is 10.9. The Morgan fingerprint density at radius 1 is 1.47 bits per heavy atom. The summed E-state index contributed by atoms with van der Waals surface area (Å²) in [5.74, 6) is -1.16. The van der Waals surface area contributed by atoms with Gasteiger partial charge in [-0.25, -0.2) is 4.79 Å². The highest BCUT2D eigenvalue weighted by Gasteiger charge is 2.19. The van der Waals surface area contributed by atoms with Gasteiger partial charge in [-0.05, 0) is 12.1 Å². The van der Waals surface area contributed by atoms with Gasteiger partial charge in [0.25, 0.3) is 5.69 Å². The number of nitrogens with zero attached hydrogens (tertiary/aromatic N) is 3. The molecule has 0 saturated carbocycles. The van der Waals surface area contributed by atoms with Crippen molar-refractivity contribution in [1.29, 1.82) is 0 Å². The fourth-order valence-electron chi connectivity index (χ4n) is 1.66. The first-order valence-electron chi connectivity index (χ1n) is 5.17. The number of nitro groups is 1. The minimum atomic E-state index is -1.16. The Balaban J connectivity index is 2.46. The SMILES string of the molecule is O=C(O)c1ccnn1Cc1c(Cl)cccc1[N+](=O)[O-]. The average molecular weight is 282 g/mol. The van der Waals surface area contributed by atoms with Crippen LogP contribution in [0, 0.1) is 10.1 Å². The third-order valence-electron chi connectivity index (χ3n) is 2.53. The first kappa shape index (κ1) is 13.0. The van der Waals surface area contributed by atoms with E-state index in [-0.39, 0.29) is 28.5 Å². The van der Waals surface area contributed by atoms with Gasteiger partial charge in [-0.2, -0.15) is 5.10 Å². The van der Waals surface area contributed by atoms with E-state index in [4.69, 9.17) is 16.7 Å². The van der Waals surface area contributed by atoms with E-state index in [1.165, 1.54) is 30.5 Å². The van der Waals surface area contributed by atoms with Gasteiger partial charge >= 0.3 is 5.97 Å². The summed E-state index contributed by atoms with van der Waals surface area (Å²) in [6, 6.07) is 5.59. The van der Waals surface area contributed by atoms with Gasteiger partial charge in [-0.15, -0.1) is 0 Å². The fourth-order valence-corrected chi connectivity index (χ4v) is 1.89. The molecule has 2 rings (SSSR count). The molecule has 0 saturated heterocycles. The Morgan fingerprint density at radius 3 is 2.84 bits per heavy atom. The number of hydrogen-bond donors (Lipinski definition) is 1. The van der Waals surface area contributed by atoms with E-state index in [2.05, 4.69) is 5.10 Å². The monoisotopic (exact) mass is 281 g/mol. The molecule has 0 bridgehead atoms. The van der Waals surface area contributed by atoms with Crippen molar-refractivity contribution in [2.24, 2.45) is 0 Å². The van der Waals surface area contributed by atoms with Gasteiger partial charge in [0.05, 0.1) is 22.1 Å². The molecule has 8 heteroatoms. The lowest BCUT2D eigenvalue weighted by Crippen LogP contribution is -2.12. The molecule has 98 valence electrons. The topological polar surface area (TPSA) is 98.3 Å². The van der Waals surface area contributed by atoms with Gasteiger partial charge in [-0.1, -0.05) is 17.7 Å². The van der Waals surface area contributed by atoms with Crippen LogP contribution >= 0.6 is 11.6 Å². The van der Waals surface area contributed by atoms with E-state index in [1.807, 2.05) is 0 Å². The molecule has 0 spiro atoms. The van der Waals surface area contributed by atoms with Crippen molar-refractivity contribution in [3.05, 3.63) is 56.9 Å². The second-order valence-electron chi connectivity index (χ2n) is 3.67. The minimum absolute atomic E-state index is 0.0609. The number of nitro benzene ring substituents is 1. The van der Waals surface area contributed by atoms with Crippen molar-refractivity contribution in [2.45, 2.75) is 6.54 Å². The summed E-state index contributed by atoms with van der Waals surface area (Å²) in [6.07, 6.45) is 1.31. The summed E-state index contributed by atoms with van der Waals surface area (Å²) in [7, 11) is 0. The molecular weight excluding hydrogens is 274 g/mol. The largest absolute Gasteiger partial charge is 0.477 e. The lowest BCUT2D eigenvalue weighted by Gasteiger charge is -2.07. The van der Waals surface area contributed by atoms with Crippen LogP contribution in [0.15, 0.2) is 30.5 Å². The average Bonchev–Trinajstić information content (AvgIpc) is 2.79. The van der Waals surface area contributed by atoms with E-state index in [0.29, 0.717) is 0 Å². The van der Waals surface area contributed by atoms with Crippen LogP contribution in [0.3, 0.4) is 0 Å². The van der Waals surface area contributed by atoms with Gasteiger partial charge in [-0.3, -0.25) is 14.8 Å². The predicted octanol–water partition coefficient (Wildman–Crippen LogP) is 2.19. The van der Waals surface area contributed by atoms with E-state index in [0.717, 1.165) is 4.68 Å². The van der Waals surface area contributed by atoms with Crippen LogP contribution in [0.25, 0.3) is 0 Å². The van der Waals surface area contributed by atoms with Crippen molar-refractivity contribution in [3.63, 3.8) is 0 Å². The Bertz CT molecular complexity index is 653. The molecule has 1 N–H and O–H groups in total. The van der Waals surface area contributed by atoms with Crippen molar-refractivity contribution >= 4 is 23.3 Å². The summed E-state index contributed by atoms with van der Waals surface area (Å²) in [5.41, 5.74) is -0.00563. The van der Waals surface area contributed by atoms with Crippen LogP contribution in [0.1, 0.15) is 16.1 Å². The zero-order valence-electron chi connectivity index (χ0n) is 9.49. The van der Waals surface area contributed by atoms with Crippen molar-refractivity contribution in [3.8, 4) is 0 Å². The molecular formula is C11H8ClN3O4. The molecule has 1 heterocycles. The Kier molecular flexibility index (Phi) is 3.48. The zero-order chi connectivity index (χ0) is 14.0. The van der Waals surface area contributed by atoms with Gasteiger partial charge in [0.15, 0.2) is 0 Å². The second-order valence-corrected chi connectivity index (χ2v) is 4.08. The van der Waals surface area contributed by atoms with E-state index in [9.17, 15) is 14.9 Å². The Hall–Kier alpha value is -2.41. The molecule has 7 nitrogen and oxygen atoms in total. The highest BCUT2D eigenvalue weighted by Crippen LogP contribution is 2.27.